The van der Waals surface area contributed by atoms with E-state index in [2.05, 4.69) is 12.0 Å². The lowest BCUT2D eigenvalue weighted by atomic mass is 10.3. The molecule has 64 valence electrons. The van der Waals surface area contributed by atoms with E-state index in [1.165, 1.54) is 12.8 Å². The van der Waals surface area contributed by atoms with E-state index in [-0.39, 0.29) is 5.62 Å². The third kappa shape index (κ3) is 1.99. The standard InChI is InChI=1S/C7H14ClN3/c1-3-4-5-11-6-9-10(2)7(11)8/h6-7H,3-5H2,1-2H3. The lowest BCUT2D eigenvalue weighted by Gasteiger charge is -2.21. The molecule has 1 aliphatic heterocycles. The fourth-order valence-electron chi connectivity index (χ4n) is 0.977. The van der Waals surface area contributed by atoms with Crippen LogP contribution in [-0.2, 0) is 0 Å². The minimum Gasteiger partial charge on any atom is -0.327 e. The van der Waals surface area contributed by atoms with Gasteiger partial charge in [0.2, 0.25) is 0 Å². The van der Waals surface area contributed by atoms with Gasteiger partial charge in [-0.15, -0.1) is 0 Å². The number of hydrazone groups is 1. The maximum Gasteiger partial charge on any atom is 0.195 e. The summed E-state index contributed by atoms with van der Waals surface area (Å²) in [5, 5.41) is 5.80. The van der Waals surface area contributed by atoms with E-state index in [4.69, 9.17) is 11.6 Å². The molecule has 1 unspecified atom stereocenters. The van der Waals surface area contributed by atoms with Crippen LogP contribution in [0.2, 0.25) is 0 Å². The number of rotatable bonds is 3. The molecule has 0 aromatic rings. The van der Waals surface area contributed by atoms with Crippen molar-refractivity contribution in [1.29, 1.82) is 0 Å². The molecule has 3 nitrogen and oxygen atoms in total. The van der Waals surface area contributed by atoms with Crippen molar-refractivity contribution in [3.8, 4) is 0 Å². The molecule has 1 rings (SSSR count). The zero-order valence-corrected chi connectivity index (χ0v) is 7.75. The van der Waals surface area contributed by atoms with E-state index in [9.17, 15) is 0 Å². The van der Waals surface area contributed by atoms with Gasteiger partial charge in [-0.3, -0.25) is 5.01 Å². The lowest BCUT2D eigenvalue weighted by Crippen LogP contribution is -2.33. The highest BCUT2D eigenvalue weighted by molar-refractivity contribution is 6.20. The van der Waals surface area contributed by atoms with Gasteiger partial charge < -0.3 is 4.90 Å². The van der Waals surface area contributed by atoms with Crippen molar-refractivity contribution >= 4 is 17.9 Å². The third-order valence-corrected chi connectivity index (χ3v) is 2.27. The number of hydrogen-bond acceptors (Lipinski definition) is 3. The molecule has 0 saturated heterocycles. The quantitative estimate of drug-likeness (QED) is 0.478. The fraction of sp³-hybridized carbons (Fsp3) is 0.857. The first-order valence-corrected chi connectivity index (χ1v) is 4.36. The SMILES string of the molecule is CCCCN1C=NN(C)C1Cl. The molecule has 0 N–H and O–H groups in total. The maximum absolute atomic E-state index is 5.99. The normalized spacial score (nSPS) is 23.4. The average Bonchev–Trinajstić information content (AvgIpc) is 2.31. The second-order valence-corrected chi connectivity index (χ2v) is 3.10. The molecule has 11 heavy (non-hydrogen) atoms. The van der Waals surface area contributed by atoms with E-state index in [1.807, 2.05) is 11.9 Å². The molecule has 4 heteroatoms. The lowest BCUT2D eigenvalue weighted by molar-refractivity contribution is 0.236. The summed E-state index contributed by atoms with van der Waals surface area (Å²) in [4.78, 5) is 2.03. The van der Waals surface area contributed by atoms with Crippen LogP contribution in [0.5, 0.6) is 0 Å². The second-order valence-electron chi connectivity index (χ2n) is 2.71. The average molecular weight is 176 g/mol. The number of halogens is 1. The second kappa shape index (κ2) is 3.81. The van der Waals surface area contributed by atoms with Crippen molar-refractivity contribution in [3.05, 3.63) is 0 Å². The van der Waals surface area contributed by atoms with Gasteiger partial charge in [-0.1, -0.05) is 24.9 Å². The van der Waals surface area contributed by atoms with Crippen molar-refractivity contribution in [2.45, 2.75) is 25.4 Å². The monoisotopic (exact) mass is 175 g/mol. The summed E-state index contributed by atoms with van der Waals surface area (Å²) in [6.45, 7) is 3.17. The Balaban J connectivity index is 2.31. The first-order chi connectivity index (χ1) is 5.25. The molecule has 0 aliphatic carbocycles. The Morgan fingerprint density at radius 3 is 2.82 bits per heavy atom. The largest absolute Gasteiger partial charge is 0.327 e. The minimum absolute atomic E-state index is 0.0819. The summed E-state index contributed by atoms with van der Waals surface area (Å²) in [5.74, 6) is 0. The van der Waals surface area contributed by atoms with E-state index < -0.39 is 0 Å². The zero-order valence-electron chi connectivity index (χ0n) is 7.00. The predicted octanol–water partition coefficient (Wildman–Crippen LogP) is 1.50. The molecular weight excluding hydrogens is 162 g/mol. The molecule has 0 aromatic heterocycles. The van der Waals surface area contributed by atoms with Gasteiger partial charge in [-0.25, -0.2) is 0 Å². The maximum atomic E-state index is 5.99. The molecule has 0 saturated carbocycles. The molecule has 0 fully saturated rings. The number of alkyl halides is 1. The van der Waals surface area contributed by atoms with Crippen molar-refractivity contribution in [2.75, 3.05) is 13.6 Å². The smallest absolute Gasteiger partial charge is 0.195 e. The predicted molar refractivity (Wildman–Crippen MR) is 47.5 cm³/mol. The molecule has 0 bridgehead atoms. The van der Waals surface area contributed by atoms with Gasteiger partial charge in [-0.05, 0) is 6.42 Å². The van der Waals surface area contributed by atoms with Crippen LogP contribution < -0.4 is 0 Å². The van der Waals surface area contributed by atoms with Crippen molar-refractivity contribution in [2.24, 2.45) is 5.10 Å². The topological polar surface area (TPSA) is 18.8 Å². The summed E-state index contributed by atoms with van der Waals surface area (Å²) in [6.07, 6.45) is 4.16. The van der Waals surface area contributed by atoms with Crippen LogP contribution in [0.1, 0.15) is 19.8 Å². The Hall–Kier alpha value is -0.440. The van der Waals surface area contributed by atoms with Crippen LogP contribution in [0, 0.1) is 0 Å². The summed E-state index contributed by atoms with van der Waals surface area (Å²) in [5.41, 5.74) is -0.0819. The zero-order chi connectivity index (χ0) is 8.27. The number of unbranched alkanes of at least 4 members (excludes halogenated alkanes) is 1. The highest BCUT2D eigenvalue weighted by Crippen LogP contribution is 2.13. The molecular formula is C7H14ClN3. The summed E-state index contributed by atoms with van der Waals surface area (Å²) < 4.78 is 0. The van der Waals surface area contributed by atoms with Crippen molar-refractivity contribution in [1.82, 2.24) is 9.91 Å². The Kier molecular flexibility index (Phi) is 3.00. The highest BCUT2D eigenvalue weighted by Gasteiger charge is 2.20. The Morgan fingerprint density at radius 1 is 1.64 bits per heavy atom. The van der Waals surface area contributed by atoms with E-state index in [0.29, 0.717) is 0 Å². The van der Waals surface area contributed by atoms with Crippen LogP contribution in [0.4, 0.5) is 0 Å². The molecule has 1 heterocycles. The van der Waals surface area contributed by atoms with Crippen LogP contribution in [0.3, 0.4) is 0 Å². The molecule has 0 spiro atoms. The van der Waals surface area contributed by atoms with Gasteiger partial charge in [0.05, 0.1) is 0 Å². The van der Waals surface area contributed by atoms with E-state index in [0.717, 1.165) is 6.54 Å². The van der Waals surface area contributed by atoms with Crippen molar-refractivity contribution in [3.63, 3.8) is 0 Å². The Labute approximate surface area is 72.6 Å². The Morgan fingerprint density at radius 2 is 2.36 bits per heavy atom. The molecule has 0 radical (unpaired) electrons. The van der Waals surface area contributed by atoms with Gasteiger partial charge in [0.15, 0.2) is 5.62 Å². The first kappa shape index (κ1) is 8.65. The number of nitrogens with zero attached hydrogens (tertiary/aromatic N) is 3. The van der Waals surface area contributed by atoms with Crippen LogP contribution in [0.25, 0.3) is 0 Å². The molecule has 1 aliphatic rings. The fourth-order valence-corrected chi connectivity index (χ4v) is 1.18. The summed E-state index contributed by atoms with van der Waals surface area (Å²) in [6, 6.07) is 0. The molecule has 0 amide bonds. The summed E-state index contributed by atoms with van der Waals surface area (Å²) in [7, 11) is 1.88. The van der Waals surface area contributed by atoms with E-state index in [1.54, 1.807) is 11.3 Å². The van der Waals surface area contributed by atoms with Crippen molar-refractivity contribution < 1.29 is 0 Å². The van der Waals surface area contributed by atoms with Crippen LogP contribution in [-0.4, -0.2) is 35.5 Å². The van der Waals surface area contributed by atoms with E-state index >= 15 is 0 Å². The van der Waals surface area contributed by atoms with Crippen LogP contribution in [0.15, 0.2) is 5.10 Å². The van der Waals surface area contributed by atoms with Gasteiger partial charge in [-0.2, -0.15) is 5.10 Å². The summed E-state index contributed by atoms with van der Waals surface area (Å²) >= 11 is 5.99. The van der Waals surface area contributed by atoms with Gasteiger partial charge in [0.25, 0.3) is 0 Å². The Bertz CT molecular complexity index is 149. The van der Waals surface area contributed by atoms with Crippen LogP contribution >= 0.6 is 11.6 Å². The number of hydrogen-bond donors (Lipinski definition) is 0. The van der Waals surface area contributed by atoms with Gasteiger partial charge >= 0.3 is 0 Å². The molecule has 0 aromatic carbocycles. The van der Waals surface area contributed by atoms with Gasteiger partial charge in [0.1, 0.15) is 6.34 Å². The first-order valence-electron chi connectivity index (χ1n) is 3.92. The minimum atomic E-state index is -0.0819. The third-order valence-electron chi connectivity index (χ3n) is 1.73. The molecule has 1 atom stereocenters. The van der Waals surface area contributed by atoms with Gasteiger partial charge in [0, 0.05) is 13.6 Å². The highest BCUT2D eigenvalue weighted by atomic mass is 35.5.